The largest absolute Gasteiger partial charge is 0.385 e. The van der Waals surface area contributed by atoms with E-state index in [-0.39, 0.29) is 11.3 Å². The number of amidine groups is 1. The van der Waals surface area contributed by atoms with Crippen LogP contribution in [0.4, 0.5) is 5.00 Å². The van der Waals surface area contributed by atoms with Crippen molar-refractivity contribution in [1.82, 2.24) is 4.98 Å². The van der Waals surface area contributed by atoms with Crippen LogP contribution in [0.25, 0.3) is 10.9 Å². The number of carbonyl (C=O) groups excluding carboxylic acids is 1. The van der Waals surface area contributed by atoms with Crippen LogP contribution in [0.2, 0.25) is 0 Å². The minimum absolute atomic E-state index is 0.200. The number of benzene rings is 1. The molecule has 1 aromatic carbocycles. The van der Waals surface area contributed by atoms with Crippen molar-refractivity contribution in [2.45, 2.75) is 38.5 Å². The molecular formula is C20H19N3O2S2. The summed E-state index contributed by atoms with van der Waals surface area (Å²) >= 11 is 2.97. The number of aromatic nitrogens is 1. The molecule has 2 aliphatic rings. The predicted octanol–water partition coefficient (Wildman–Crippen LogP) is 5.37. The molecule has 2 N–H and O–H groups in total. The third-order valence-corrected chi connectivity index (χ3v) is 7.12. The lowest BCUT2D eigenvalue weighted by Crippen LogP contribution is -2.16. The van der Waals surface area contributed by atoms with Crippen LogP contribution in [0.5, 0.6) is 0 Å². The monoisotopic (exact) mass is 397 g/mol. The third-order valence-electron chi connectivity index (χ3n) is 5.13. The van der Waals surface area contributed by atoms with Gasteiger partial charge in [-0.05, 0) is 44.7 Å². The van der Waals surface area contributed by atoms with Crippen LogP contribution in [0, 0.1) is 6.92 Å². The highest BCUT2D eigenvalue weighted by Gasteiger charge is 2.32. The van der Waals surface area contributed by atoms with Crippen LogP contribution < -0.4 is 5.32 Å². The normalized spacial score (nSPS) is 18.0. The predicted molar refractivity (Wildman–Crippen MR) is 112 cm³/mol. The molecule has 1 aliphatic carbocycles. The first-order chi connectivity index (χ1) is 13.1. The fraction of sp³-hybridized carbons (Fsp3) is 0.300. The van der Waals surface area contributed by atoms with E-state index in [1.54, 1.807) is 0 Å². The Kier molecular flexibility index (Phi) is 4.02. The van der Waals surface area contributed by atoms with E-state index in [0.717, 1.165) is 52.3 Å². The highest BCUT2D eigenvalue weighted by atomic mass is 32.2. The summed E-state index contributed by atoms with van der Waals surface area (Å²) in [4.78, 5) is 22.2. The van der Waals surface area contributed by atoms with Gasteiger partial charge in [0.25, 0.3) is 0 Å². The maximum atomic E-state index is 12.8. The fourth-order valence-electron chi connectivity index (χ4n) is 3.96. The van der Waals surface area contributed by atoms with Gasteiger partial charge in [0.05, 0.1) is 17.6 Å². The molecule has 0 bridgehead atoms. The van der Waals surface area contributed by atoms with Gasteiger partial charge in [-0.1, -0.05) is 18.2 Å². The average molecular weight is 398 g/mol. The van der Waals surface area contributed by atoms with Crippen molar-refractivity contribution in [3.8, 4) is 0 Å². The molecule has 3 heterocycles. The molecule has 3 aromatic rings. The number of nitrogens with zero attached hydrogens (tertiary/aromatic N) is 1. The SMILES string of the molecule is CC1=N[C@@H](SOC(=O)c2c(C)[nH]c3ccccc23)c2c(sc3c2CCC3)N1. The smallest absolute Gasteiger partial charge is 0.352 e. The second kappa shape index (κ2) is 6.42. The van der Waals surface area contributed by atoms with Gasteiger partial charge >= 0.3 is 5.97 Å². The molecule has 1 atom stereocenters. The van der Waals surface area contributed by atoms with Gasteiger partial charge in [0, 0.05) is 27.0 Å². The molecule has 0 fully saturated rings. The molecule has 5 nitrogen and oxygen atoms in total. The van der Waals surface area contributed by atoms with E-state index >= 15 is 0 Å². The van der Waals surface area contributed by atoms with Gasteiger partial charge in [-0.25, -0.2) is 4.79 Å². The van der Waals surface area contributed by atoms with E-state index < -0.39 is 0 Å². The van der Waals surface area contributed by atoms with Crippen LogP contribution in [-0.2, 0) is 17.0 Å². The second-order valence-electron chi connectivity index (χ2n) is 6.93. The Hall–Kier alpha value is -2.25. The number of aryl methyl sites for hydroxylation is 2. The summed E-state index contributed by atoms with van der Waals surface area (Å²) in [7, 11) is 0. The minimum atomic E-state index is -0.324. The van der Waals surface area contributed by atoms with Crippen LogP contribution in [-0.4, -0.2) is 16.8 Å². The van der Waals surface area contributed by atoms with Crippen LogP contribution in [0.15, 0.2) is 29.3 Å². The highest BCUT2D eigenvalue weighted by molar-refractivity contribution is 7.95. The number of H-pyrrole nitrogens is 1. The molecule has 2 aromatic heterocycles. The first-order valence-electron chi connectivity index (χ1n) is 9.02. The first-order valence-corrected chi connectivity index (χ1v) is 10.6. The molecule has 5 rings (SSSR count). The number of para-hydroxylation sites is 1. The summed E-state index contributed by atoms with van der Waals surface area (Å²) in [5.41, 5.74) is 4.97. The standard InChI is InChI=1S/C20H19N3O2S2/c1-10-16(12-6-3-4-8-14(12)21-10)20(24)25-27-19-17-13-7-5-9-15(13)26-18(17)22-11(2)23-19/h3-4,6,8,19,21H,5,7,9H2,1-2H3,(H,22,23)/t19-/m0/s1. The number of aliphatic imine (C=N–C) groups is 1. The molecule has 0 amide bonds. The zero-order valence-corrected chi connectivity index (χ0v) is 16.7. The van der Waals surface area contributed by atoms with Crippen molar-refractivity contribution in [3.05, 3.63) is 51.5 Å². The number of fused-ring (bicyclic) bond motifs is 4. The summed E-state index contributed by atoms with van der Waals surface area (Å²) < 4.78 is 5.68. The Morgan fingerprint density at radius 2 is 2.15 bits per heavy atom. The van der Waals surface area contributed by atoms with E-state index in [1.165, 1.54) is 22.4 Å². The van der Waals surface area contributed by atoms with Crippen LogP contribution in [0.3, 0.4) is 0 Å². The number of aromatic amines is 1. The molecule has 138 valence electrons. The van der Waals surface area contributed by atoms with Crippen molar-refractivity contribution >= 4 is 51.1 Å². The quantitative estimate of drug-likeness (QED) is 0.583. The molecule has 0 spiro atoms. The molecule has 0 saturated carbocycles. The third kappa shape index (κ3) is 2.76. The summed E-state index contributed by atoms with van der Waals surface area (Å²) in [6.07, 6.45) is 3.42. The number of thiophene rings is 1. The van der Waals surface area contributed by atoms with Gasteiger partial charge in [-0.15, -0.1) is 11.3 Å². The van der Waals surface area contributed by atoms with E-state index in [1.807, 2.05) is 49.4 Å². The fourth-order valence-corrected chi connectivity index (χ4v) is 6.23. The Morgan fingerprint density at radius 3 is 3.04 bits per heavy atom. The molecule has 7 heteroatoms. The summed E-state index contributed by atoms with van der Waals surface area (Å²) in [6, 6.07) is 7.79. The molecule has 0 unspecified atom stereocenters. The van der Waals surface area contributed by atoms with Crippen molar-refractivity contribution < 1.29 is 8.98 Å². The molecule has 27 heavy (non-hydrogen) atoms. The zero-order valence-electron chi connectivity index (χ0n) is 15.1. The maximum Gasteiger partial charge on any atom is 0.352 e. The van der Waals surface area contributed by atoms with Crippen molar-refractivity contribution in [3.63, 3.8) is 0 Å². The van der Waals surface area contributed by atoms with E-state index in [0.29, 0.717) is 5.56 Å². The second-order valence-corrected chi connectivity index (χ2v) is 8.84. The number of anilines is 1. The van der Waals surface area contributed by atoms with Gasteiger partial charge in [0.1, 0.15) is 10.8 Å². The van der Waals surface area contributed by atoms with Crippen LogP contribution >= 0.6 is 23.4 Å². The lowest BCUT2D eigenvalue weighted by atomic mass is 10.1. The Bertz CT molecular complexity index is 1100. The van der Waals surface area contributed by atoms with Gasteiger partial charge in [-0.3, -0.25) is 4.99 Å². The van der Waals surface area contributed by atoms with Gasteiger partial charge in [0.2, 0.25) is 0 Å². The van der Waals surface area contributed by atoms with Crippen LogP contribution in [0.1, 0.15) is 50.8 Å². The van der Waals surface area contributed by atoms with Crippen molar-refractivity contribution in [2.75, 3.05) is 5.32 Å². The lowest BCUT2D eigenvalue weighted by molar-refractivity contribution is 0.0768. The van der Waals surface area contributed by atoms with Gasteiger partial charge in [0.15, 0.2) is 5.37 Å². The first kappa shape index (κ1) is 16.9. The lowest BCUT2D eigenvalue weighted by Gasteiger charge is -2.20. The molecular weight excluding hydrogens is 378 g/mol. The minimum Gasteiger partial charge on any atom is -0.385 e. The van der Waals surface area contributed by atoms with Crippen molar-refractivity contribution in [2.24, 2.45) is 4.99 Å². The summed E-state index contributed by atoms with van der Waals surface area (Å²) in [6.45, 7) is 3.85. The number of hydrogen-bond acceptors (Lipinski definition) is 6. The van der Waals surface area contributed by atoms with E-state index in [4.69, 9.17) is 9.18 Å². The van der Waals surface area contributed by atoms with Gasteiger partial charge < -0.3 is 14.5 Å². The number of nitrogens with one attached hydrogen (secondary N) is 2. The average Bonchev–Trinajstić information content (AvgIpc) is 3.30. The Morgan fingerprint density at radius 1 is 1.30 bits per heavy atom. The molecule has 0 radical (unpaired) electrons. The number of carbonyl (C=O) groups is 1. The highest BCUT2D eigenvalue weighted by Crippen LogP contribution is 2.49. The summed E-state index contributed by atoms with van der Waals surface area (Å²) in [5.74, 6) is 0.536. The molecule has 1 aliphatic heterocycles. The number of hydrogen-bond donors (Lipinski definition) is 2. The maximum absolute atomic E-state index is 12.8. The molecule has 0 saturated heterocycles. The topological polar surface area (TPSA) is 66.5 Å². The zero-order chi connectivity index (χ0) is 18.5. The van der Waals surface area contributed by atoms with E-state index in [9.17, 15) is 4.79 Å². The summed E-state index contributed by atoms with van der Waals surface area (Å²) in [5, 5.41) is 5.23. The Labute approximate surface area is 165 Å². The number of rotatable bonds is 3. The Balaban J connectivity index is 1.42. The van der Waals surface area contributed by atoms with Crippen molar-refractivity contribution in [1.29, 1.82) is 0 Å². The van der Waals surface area contributed by atoms with E-state index in [2.05, 4.69) is 10.3 Å². The van der Waals surface area contributed by atoms with Gasteiger partial charge in [-0.2, -0.15) is 0 Å².